The largest absolute Gasteiger partial charge is 0.465 e. The van der Waals surface area contributed by atoms with Gasteiger partial charge in [0.1, 0.15) is 5.00 Å². The maximum absolute atomic E-state index is 13.4. The first-order valence-corrected chi connectivity index (χ1v) is 12.3. The fourth-order valence-corrected chi connectivity index (χ4v) is 5.58. The van der Waals surface area contributed by atoms with E-state index >= 15 is 0 Å². The van der Waals surface area contributed by atoms with Crippen LogP contribution >= 0.6 is 11.3 Å². The van der Waals surface area contributed by atoms with Crippen LogP contribution in [-0.2, 0) is 17.6 Å². The van der Waals surface area contributed by atoms with Crippen molar-refractivity contribution in [3.63, 3.8) is 0 Å². The van der Waals surface area contributed by atoms with Crippen LogP contribution in [0.5, 0.6) is 0 Å². The van der Waals surface area contributed by atoms with Gasteiger partial charge in [-0.1, -0.05) is 51.1 Å². The number of nitrogens with zero attached hydrogens (tertiary/aromatic N) is 1. The summed E-state index contributed by atoms with van der Waals surface area (Å²) in [7, 11) is 1.36. The number of carbonyl (C=O) groups excluding carboxylic acids is 2. The van der Waals surface area contributed by atoms with Crippen molar-refractivity contribution in [1.82, 2.24) is 0 Å². The van der Waals surface area contributed by atoms with Crippen molar-refractivity contribution in [2.24, 2.45) is 16.3 Å². The fraction of sp³-hybridized carbons (Fsp3) is 0.321. The molecule has 34 heavy (non-hydrogen) atoms. The number of hydrogen-bond acceptors (Lipinski definition) is 5. The highest BCUT2D eigenvalue weighted by Crippen LogP contribution is 2.45. The summed E-state index contributed by atoms with van der Waals surface area (Å²) in [6.45, 7) is 6.86. The van der Waals surface area contributed by atoms with Crippen molar-refractivity contribution in [3.8, 4) is 0 Å². The minimum atomic E-state index is -0.373. The number of hydrogen-bond donors (Lipinski definition) is 1. The van der Waals surface area contributed by atoms with Gasteiger partial charge in [-0.05, 0) is 66.0 Å². The third-order valence-corrected chi connectivity index (χ3v) is 7.56. The van der Waals surface area contributed by atoms with Gasteiger partial charge in [-0.3, -0.25) is 4.79 Å². The minimum Gasteiger partial charge on any atom is -0.465 e. The SMILES string of the molecule is COC(=O)c1ccc(C=Nc2sc3c(c2C(=O)Nc2ccccc2)CC[C@@H](C(C)(C)C)C3)cc1. The molecule has 0 fully saturated rings. The lowest BCUT2D eigenvalue weighted by Gasteiger charge is -2.33. The summed E-state index contributed by atoms with van der Waals surface area (Å²) in [5, 5.41) is 3.77. The van der Waals surface area contributed by atoms with Crippen molar-refractivity contribution >= 4 is 40.1 Å². The van der Waals surface area contributed by atoms with Crippen molar-refractivity contribution < 1.29 is 14.3 Å². The second-order valence-electron chi connectivity index (χ2n) is 9.68. The van der Waals surface area contributed by atoms with Gasteiger partial charge in [0, 0.05) is 16.8 Å². The lowest BCUT2D eigenvalue weighted by atomic mass is 9.72. The number of carbonyl (C=O) groups is 2. The Kier molecular flexibility index (Phi) is 6.98. The van der Waals surface area contributed by atoms with Crippen LogP contribution in [0, 0.1) is 11.3 Å². The minimum absolute atomic E-state index is 0.119. The summed E-state index contributed by atoms with van der Waals surface area (Å²) in [4.78, 5) is 31.1. The number of rotatable bonds is 5. The Bertz CT molecular complexity index is 1200. The van der Waals surface area contributed by atoms with E-state index < -0.39 is 0 Å². The normalized spacial score (nSPS) is 15.7. The Hall–Kier alpha value is -3.25. The van der Waals surface area contributed by atoms with E-state index in [0.717, 1.165) is 41.1 Å². The molecule has 0 aliphatic heterocycles. The summed E-state index contributed by atoms with van der Waals surface area (Å²) in [5.41, 5.74) is 4.14. The topological polar surface area (TPSA) is 67.8 Å². The van der Waals surface area contributed by atoms with E-state index in [0.29, 0.717) is 17.0 Å². The summed E-state index contributed by atoms with van der Waals surface area (Å²) in [6, 6.07) is 16.6. The third kappa shape index (κ3) is 5.28. The highest BCUT2D eigenvalue weighted by molar-refractivity contribution is 7.16. The van der Waals surface area contributed by atoms with Gasteiger partial charge in [0.2, 0.25) is 0 Å². The highest BCUT2D eigenvalue weighted by atomic mass is 32.1. The predicted molar refractivity (Wildman–Crippen MR) is 139 cm³/mol. The van der Waals surface area contributed by atoms with Crippen molar-refractivity contribution in [2.75, 3.05) is 12.4 Å². The van der Waals surface area contributed by atoms with Crippen LogP contribution in [0.1, 0.15) is 63.9 Å². The number of fused-ring (bicyclic) bond motifs is 1. The number of ether oxygens (including phenoxy) is 1. The number of esters is 1. The highest BCUT2D eigenvalue weighted by Gasteiger charge is 2.33. The molecule has 1 aliphatic carbocycles. The standard InChI is InChI=1S/C28H30N2O3S/c1-28(2,3)20-14-15-22-23(16-20)34-26(24(22)25(31)30-21-8-6-5-7-9-21)29-17-18-10-12-19(13-11-18)27(32)33-4/h5-13,17,20H,14-16H2,1-4H3,(H,30,31)/t20-/m1/s1. The Morgan fingerprint density at radius 3 is 2.44 bits per heavy atom. The molecule has 0 spiro atoms. The van der Waals surface area contributed by atoms with Crippen LogP contribution in [0.3, 0.4) is 0 Å². The molecule has 0 radical (unpaired) electrons. The summed E-state index contributed by atoms with van der Waals surface area (Å²) >= 11 is 1.62. The Labute approximate surface area is 204 Å². The molecular weight excluding hydrogens is 444 g/mol. The van der Waals surface area contributed by atoms with Crippen LogP contribution in [-0.4, -0.2) is 25.2 Å². The Balaban J connectivity index is 1.66. The van der Waals surface area contributed by atoms with Crippen molar-refractivity contribution in [1.29, 1.82) is 0 Å². The van der Waals surface area contributed by atoms with Gasteiger partial charge in [-0.15, -0.1) is 11.3 Å². The van der Waals surface area contributed by atoms with Crippen LogP contribution in [0.2, 0.25) is 0 Å². The Morgan fingerprint density at radius 2 is 1.79 bits per heavy atom. The quantitative estimate of drug-likeness (QED) is 0.331. The molecule has 1 amide bonds. The number of para-hydroxylation sites is 1. The zero-order valence-electron chi connectivity index (χ0n) is 20.1. The molecule has 3 aromatic rings. The molecule has 1 aromatic heterocycles. The monoisotopic (exact) mass is 474 g/mol. The first-order chi connectivity index (χ1) is 16.3. The van der Waals surface area contributed by atoms with Gasteiger partial charge in [0.05, 0.1) is 18.2 Å². The van der Waals surface area contributed by atoms with E-state index in [-0.39, 0.29) is 17.3 Å². The van der Waals surface area contributed by atoms with Gasteiger partial charge in [0.15, 0.2) is 0 Å². The summed E-state index contributed by atoms with van der Waals surface area (Å²) in [6.07, 6.45) is 4.67. The average Bonchev–Trinajstić information content (AvgIpc) is 3.20. The van der Waals surface area contributed by atoms with Gasteiger partial charge in [-0.2, -0.15) is 0 Å². The molecule has 0 bridgehead atoms. The third-order valence-electron chi connectivity index (χ3n) is 6.39. The van der Waals surface area contributed by atoms with Gasteiger partial charge in [0.25, 0.3) is 5.91 Å². The number of aliphatic imine (C=N–C) groups is 1. The molecule has 0 unspecified atom stereocenters. The van der Waals surface area contributed by atoms with E-state index in [1.165, 1.54) is 12.0 Å². The van der Waals surface area contributed by atoms with E-state index in [4.69, 9.17) is 9.73 Å². The number of methoxy groups -OCH3 is 1. The van der Waals surface area contributed by atoms with Crippen LogP contribution in [0.4, 0.5) is 10.7 Å². The summed E-state index contributed by atoms with van der Waals surface area (Å²) in [5.74, 6) is 0.0835. The van der Waals surface area contributed by atoms with Crippen LogP contribution in [0.25, 0.3) is 0 Å². The average molecular weight is 475 g/mol. The molecule has 1 aliphatic rings. The Morgan fingerprint density at radius 1 is 1.09 bits per heavy atom. The van der Waals surface area contributed by atoms with E-state index in [9.17, 15) is 9.59 Å². The van der Waals surface area contributed by atoms with Gasteiger partial charge in [-0.25, -0.2) is 9.79 Å². The number of amides is 1. The number of benzene rings is 2. The molecule has 4 rings (SSSR count). The number of thiophene rings is 1. The molecule has 1 N–H and O–H groups in total. The predicted octanol–water partition coefficient (Wildman–Crippen LogP) is 6.69. The zero-order valence-corrected chi connectivity index (χ0v) is 20.9. The molecule has 6 heteroatoms. The molecular formula is C28H30N2O3S. The van der Waals surface area contributed by atoms with Crippen molar-refractivity contribution in [2.45, 2.75) is 40.0 Å². The molecule has 5 nitrogen and oxygen atoms in total. The lowest BCUT2D eigenvalue weighted by Crippen LogP contribution is -2.27. The van der Waals surface area contributed by atoms with Crippen molar-refractivity contribution in [3.05, 3.63) is 81.7 Å². The first kappa shape index (κ1) is 23.9. The van der Waals surface area contributed by atoms with E-state index in [1.54, 1.807) is 29.7 Å². The second kappa shape index (κ2) is 9.94. The van der Waals surface area contributed by atoms with E-state index in [1.807, 2.05) is 42.5 Å². The molecule has 2 aromatic carbocycles. The molecule has 1 atom stereocenters. The zero-order chi connectivity index (χ0) is 24.3. The van der Waals surface area contributed by atoms with Gasteiger partial charge >= 0.3 is 5.97 Å². The maximum Gasteiger partial charge on any atom is 0.337 e. The molecule has 0 saturated carbocycles. The maximum atomic E-state index is 13.4. The number of nitrogens with one attached hydrogen (secondary N) is 1. The first-order valence-electron chi connectivity index (χ1n) is 11.5. The fourth-order valence-electron chi connectivity index (χ4n) is 4.31. The van der Waals surface area contributed by atoms with Gasteiger partial charge < -0.3 is 10.1 Å². The number of anilines is 1. The smallest absolute Gasteiger partial charge is 0.337 e. The molecule has 1 heterocycles. The molecule has 176 valence electrons. The molecule has 0 saturated heterocycles. The summed E-state index contributed by atoms with van der Waals surface area (Å²) < 4.78 is 4.76. The van der Waals surface area contributed by atoms with Crippen LogP contribution < -0.4 is 5.32 Å². The van der Waals surface area contributed by atoms with E-state index in [2.05, 4.69) is 26.1 Å². The van der Waals surface area contributed by atoms with Crippen LogP contribution in [0.15, 0.2) is 59.6 Å². The second-order valence-corrected chi connectivity index (χ2v) is 10.8. The lowest BCUT2D eigenvalue weighted by molar-refractivity contribution is 0.0600.